The lowest BCUT2D eigenvalue weighted by atomic mass is 10.1. The fourth-order valence-corrected chi connectivity index (χ4v) is 2.23. The molecule has 0 aliphatic carbocycles. The molecule has 0 spiro atoms. The molecule has 0 unspecified atom stereocenters. The zero-order valence-electron chi connectivity index (χ0n) is 10.5. The minimum atomic E-state index is -0.156. The third-order valence-corrected chi connectivity index (χ3v) is 3.08. The van der Waals surface area contributed by atoms with E-state index in [4.69, 9.17) is 0 Å². The van der Waals surface area contributed by atoms with Crippen LogP contribution in [0.2, 0.25) is 0 Å². The molecule has 2 aromatic rings. The number of aryl methyl sites for hydroxylation is 2. The number of hydrogen-bond donors (Lipinski definition) is 1. The number of fused-ring (bicyclic) bond motifs is 1. The van der Waals surface area contributed by atoms with Crippen molar-refractivity contribution in [3.63, 3.8) is 0 Å². The summed E-state index contributed by atoms with van der Waals surface area (Å²) < 4.78 is 15.3. The van der Waals surface area contributed by atoms with Crippen LogP contribution in [0.5, 0.6) is 0 Å². The maximum Gasteiger partial charge on any atom is 0.123 e. The second-order valence-electron chi connectivity index (χ2n) is 4.38. The van der Waals surface area contributed by atoms with E-state index in [0.29, 0.717) is 0 Å². The number of halogens is 1. The molecule has 0 fully saturated rings. The van der Waals surface area contributed by atoms with Crippen LogP contribution in [0, 0.1) is 5.82 Å². The summed E-state index contributed by atoms with van der Waals surface area (Å²) in [5, 5.41) is 4.35. The highest BCUT2D eigenvalue weighted by molar-refractivity contribution is 5.84. The van der Waals surface area contributed by atoms with E-state index in [1.54, 1.807) is 6.07 Å². The summed E-state index contributed by atoms with van der Waals surface area (Å²) in [5.41, 5.74) is 2.34. The SMILES string of the molecule is CCNCCCc1cn(C)c2ccc(F)cc12. The van der Waals surface area contributed by atoms with Crippen LogP contribution in [0.25, 0.3) is 10.9 Å². The molecule has 2 nitrogen and oxygen atoms in total. The largest absolute Gasteiger partial charge is 0.350 e. The number of aromatic nitrogens is 1. The topological polar surface area (TPSA) is 17.0 Å². The molecule has 0 aliphatic heterocycles. The average Bonchev–Trinajstić information content (AvgIpc) is 2.61. The van der Waals surface area contributed by atoms with E-state index in [9.17, 15) is 4.39 Å². The highest BCUT2D eigenvalue weighted by Gasteiger charge is 2.07. The van der Waals surface area contributed by atoms with E-state index >= 15 is 0 Å². The average molecular weight is 234 g/mol. The molecule has 0 aliphatic rings. The van der Waals surface area contributed by atoms with Gasteiger partial charge in [-0.3, -0.25) is 0 Å². The second-order valence-corrected chi connectivity index (χ2v) is 4.38. The van der Waals surface area contributed by atoms with E-state index in [1.807, 2.05) is 13.1 Å². The van der Waals surface area contributed by atoms with Crippen molar-refractivity contribution in [3.8, 4) is 0 Å². The Labute approximate surface area is 101 Å². The van der Waals surface area contributed by atoms with Gasteiger partial charge < -0.3 is 9.88 Å². The van der Waals surface area contributed by atoms with Gasteiger partial charge >= 0.3 is 0 Å². The Morgan fingerprint density at radius 2 is 2.18 bits per heavy atom. The summed E-state index contributed by atoms with van der Waals surface area (Å²) in [6, 6.07) is 5.00. The molecule has 1 heterocycles. The van der Waals surface area contributed by atoms with Crippen LogP contribution in [-0.2, 0) is 13.5 Å². The Balaban J connectivity index is 2.19. The minimum absolute atomic E-state index is 0.156. The third-order valence-electron chi connectivity index (χ3n) is 3.08. The lowest BCUT2D eigenvalue weighted by Crippen LogP contribution is -2.14. The Bertz CT molecular complexity index is 502. The molecular formula is C14H19FN2. The molecule has 1 aromatic carbocycles. The first kappa shape index (κ1) is 12.1. The molecule has 1 aromatic heterocycles. The smallest absolute Gasteiger partial charge is 0.123 e. The van der Waals surface area contributed by atoms with Crippen LogP contribution < -0.4 is 5.32 Å². The highest BCUT2D eigenvalue weighted by atomic mass is 19.1. The van der Waals surface area contributed by atoms with Crippen LogP contribution in [0.15, 0.2) is 24.4 Å². The zero-order valence-corrected chi connectivity index (χ0v) is 10.5. The summed E-state index contributed by atoms with van der Waals surface area (Å²) in [5.74, 6) is -0.156. The summed E-state index contributed by atoms with van der Waals surface area (Å²) in [6.45, 7) is 4.12. The van der Waals surface area contributed by atoms with Crippen LogP contribution in [-0.4, -0.2) is 17.7 Å². The van der Waals surface area contributed by atoms with Crippen LogP contribution in [0.3, 0.4) is 0 Å². The maximum absolute atomic E-state index is 13.2. The van der Waals surface area contributed by atoms with Gasteiger partial charge in [0, 0.05) is 24.1 Å². The minimum Gasteiger partial charge on any atom is -0.350 e. The second kappa shape index (κ2) is 5.32. The molecule has 0 radical (unpaired) electrons. The van der Waals surface area contributed by atoms with Crippen LogP contribution >= 0.6 is 0 Å². The predicted molar refractivity (Wildman–Crippen MR) is 69.7 cm³/mol. The quantitative estimate of drug-likeness (QED) is 0.787. The number of nitrogens with one attached hydrogen (secondary N) is 1. The molecule has 92 valence electrons. The van der Waals surface area contributed by atoms with E-state index in [2.05, 4.69) is 23.0 Å². The van der Waals surface area contributed by atoms with Crippen LogP contribution in [0.4, 0.5) is 4.39 Å². The number of rotatable bonds is 5. The van der Waals surface area contributed by atoms with Gasteiger partial charge in [0.15, 0.2) is 0 Å². The first-order chi connectivity index (χ1) is 8.22. The Morgan fingerprint density at radius 1 is 1.35 bits per heavy atom. The predicted octanol–water partition coefficient (Wildman–Crippen LogP) is 2.86. The van der Waals surface area contributed by atoms with Gasteiger partial charge in [-0.1, -0.05) is 6.92 Å². The van der Waals surface area contributed by atoms with Gasteiger partial charge in [0.25, 0.3) is 0 Å². The molecule has 1 N–H and O–H groups in total. The van der Waals surface area contributed by atoms with E-state index < -0.39 is 0 Å². The lowest BCUT2D eigenvalue weighted by Gasteiger charge is -2.01. The van der Waals surface area contributed by atoms with Gasteiger partial charge in [0.2, 0.25) is 0 Å². The Morgan fingerprint density at radius 3 is 2.94 bits per heavy atom. The molecule has 0 atom stereocenters. The molecule has 2 rings (SSSR count). The fourth-order valence-electron chi connectivity index (χ4n) is 2.23. The van der Waals surface area contributed by atoms with Gasteiger partial charge in [-0.15, -0.1) is 0 Å². The van der Waals surface area contributed by atoms with Gasteiger partial charge in [-0.05, 0) is 49.7 Å². The Hall–Kier alpha value is -1.35. The first-order valence-electron chi connectivity index (χ1n) is 6.16. The zero-order chi connectivity index (χ0) is 12.3. The van der Waals surface area contributed by atoms with Crippen molar-refractivity contribution in [3.05, 3.63) is 35.8 Å². The van der Waals surface area contributed by atoms with Crippen molar-refractivity contribution in [2.45, 2.75) is 19.8 Å². The van der Waals surface area contributed by atoms with Crippen molar-refractivity contribution < 1.29 is 4.39 Å². The van der Waals surface area contributed by atoms with Crippen molar-refractivity contribution in [1.29, 1.82) is 0 Å². The van der Waals surface area contributed by atoms with Crippen molar-refractivity contribution in [2.24, 2.45) is 7.05 Å². The lowest BCUT2D eigenvalue weighted by molar-refractivity contribution is 0.629. The molecule has 0 amide bonds. The number of benzene rings is 1. The summed E-state index contributed by atoms with van der Waals surface area (Å²) in [7, 11) is 2.01. The molecule has 0 bridgehead atoms. The highest BCUT2D eigenvalue weighted by Crippen LogP contribution is 2.22. The van der Waals surface area contributed by atoms with Crippen LogP contribution in [0.1, 0.15) is 18.9 Å². The molecule has 0 saturated heterocycles. The molecule has 0 saturated carbocycles. The molecular weight excluding hydrogens is 215 g/mol. The van der Waals surface area contributed by atoms with Crippen molar-refractivity contribution >= 4 is 10.9 Å². The van der Waals surface area contributed by atoms with Gasteiger partial charge in [-0.25, -0.2) is 4.39 Å². The third kappa shape index (κ3) is 2.67. The van der Waals surface area contributed by atoms with Gasteiger partial charge in [0.1, 0.15) is 5.82 Å². The van der Waals surface area contributed by atoms with Gasteiger partial charge in [-0.2, -0.15) is 0 Å². The standard InChI is InChI=1S/C14H19FN2/c1-3-16-8-4-5-11-10-17(2)14-7-6-12(15)9-13(11)14/h6-7,9-10,16H,3-5,8H2,1-2H3. The molecule has 3 heteroatoms. The van der Waals surface area contributed by atoms with E-state index in [-0.39, 0.29) is 5.82 Å². The summed E-state index contributed by atoms with van der Waals surface area (Å²) in [4.78, 5) is 0. The summed E-state index contributed by atoms with van der Waals surface area (Å²) >= 11 is 0. The normalized spacial score (nSPS) is 11.2. The van der Waals surface area contributed by atoms with Gasteiger partial charge in [0.05, 0.1) is 0 Å². The van der Waals surface area contributed by atoms with E-state index in [1.165, 1.54) is 11.6 Å². The monoisotopic (exact) mass is 234 g/mol. The first-order valence-corrected chi connectivity index (χ1v) is 6.16. The van der Waals surface area contributed by atoms with Crippen molar-refractivity contribution in [2.75, 3.05) is 13.1 Å². The Kier molecular flexibility index (Phi) is 3.79. The molecule has 17 heavy (non-hydrogen) atoms. The number of nitrogens with zero attached hydrogens (tertiary/aromatic N) is 1. The fraction of sp³-hybridized carbons (Fsp3) is 0.429. The number of hydrogen-bond acceptors (Lipinski definition) is 1. The van der Waals surface area contributed by atoms with Crippen molar-refractivity contribution in [1.82, 2.24) is 9.88 Å². The summed E-state index contributed by atoms with van der Waals surface area (Å²) in [6.07, 6.45) is 4.19. The maximum atomic E-state index is 13.2. The van der Waals surface area contributed by atoms with E-state index in [0.717, 1.165) is 36.8 Å².